The van der Waals surface area contributed by atoms with Crippen molar-refractivity contribution in [1.29, 1.82) is 0 Å². The normalized spacial score (nSPS) is 12.0. The maximum atomic E-state index is 11.0. The lowest BCUT2D eigenvalue weighted by Crippen LogP contribution is -2.02. The average molecular weight is 220 g/mol. The molecule has 0 heterocycles. The first-order valence-electron chi connectivity index (χ1n) is 3.39. The minimum Gasteiger partial charge on any atom is -0.347 e. The quantitative estimate of drug-likeness (QED) is 0.688. The molecule has 0 aromatic heterocycles. The van der Waals surface area contributed by atoms with Gasteiger partial charge in [-0.3, -0.25) is 0 Å². The highest BCUT2D eigenvalue weighted by molar-refractivity contribution is 7.90. The van der Waals surface area contributed by atoms with Crippen molar-refractivity contribution in [2.24, 2.45) is 0 Å². The molecule has 0 spiro atoms. The molecule has 72 valence electrons. The van der Waals surface area contributed by atoms with Crippen LogP contribution in [0, 0.1) is 0 Å². The van der Waals surface area contributed by atoms with Gasteiger partial charge in [-0.15, -0.1) is 0 Å². The molecule has 4 nitrogen and oxygen atoms in total. The Morgan fingerprint density at radius 3 is 1.92 bits per heavy atom. The summed E-state index contributed by atoms with van der Waals surface area (Å²) < 4.78 is 22.0. The fourth-order valence-electron chi connectivity index (χ4n) is 0.827. The summed E-state index contributed by atoms with van der Waals surface area (Å²) in [6.07, 6.45) is 1.10. The van der Waals surface area contributed by atoms with Crippen LogP contribution in [0.1, 0.15) is 0 Å². The Kier molecular flexibility index (Phi) is 3.03. The van der Waals surface area contributed by atoms with Gasteiger partial charge in [0, 0.05) is 11.6 Å². The molecule has 0 amide bonds. The summed E-state index contributed by atoms with van der Waals surface area (Å²) in [6, 6.07) is 5.49. The van der Waals surface area contributed by atoms with Crippen molar-refractivity contribution in [3.05, 3.63) is 24.3 Å². The maximum absolute atomic E-state index is 11.0. The summed E-state index contributed by atoms with van der Waals surface area (Å²) >= 11 is 0. The van der Waals surface area contributed by atoms with E-state index in [-0.39, 0.29) is 4.90 Å². The third-order valence-electron chi connectivity index (χ3n) is 1.50. The molecule has 0 radical (unpaired) electrons. The Bertz CT molecular complexity index is 381. The molecule has 0 atom stereocenters. The van der Waals surface area contributed by atoms with E-state index in [1.807, 2.05) is 0 Å². The molecule has 1 rings (SSSR count). The van der Waals surface area contributed by atoms with Gasteiger partial charge < -0.3 is 9.79 Å². The molecule has 13 heavy (non-hydrogen) atoms. The van der Waals surface area contributed by atoms with Crippen molar-refractivity contribution in [2.45, 2.75) is 4.90 Å². The number of sulfone groups is 1. The van der Waals surface area contributed by atoms with Crippen LogP contribution in [0.15, 0.2) is 29.2 Å². The van der Waals surface area contributed by atoms with Crippen LogP contribution in [0.4, 0.5) is 0 Å². The van der Waals surface area contributed by atoms with Gasteiger partial charge in [0.15, 0.2) is 18.2 Å². The van der Waals surface area contributed by atoms with Gasteiger partial charge >= 0.3 is 0 Å². The Balaban J connectivity index is 3.08. The van der Waals surface area contributed by atoms with Gasteiger partial charge in [0.1, 0.15) is 0 Å². The topological polar surface area (TPSA) is 74.6 Å². The smallest absolute Gasteiger partial charge is 0.199 e. The zero-order valence-corrected chi connectivity index (χ0v) is 8.59. The Hall–Kier alpha value is -0.480. The van der Waals surface area contributed by atoms with Gasteiger partial charge in [-0.1, -0.05) is 0 Å². The summed E-state index contributed by atoms with van der Waals surface area (Å²) in [5.41, 5.74) is 0. The maximum Gasteiger partial charge on any atom is 0.199 e. The van der Waals surface area contributed by atoms with Crippen molar-refractivity contribution in [3.63, 3.8) is 0 Å². The first-order valence-corrected chi connectivity index (χ1v) is 6.53. The van der Waals surface area contributed by atoms with Gasteiger partial charge in [-0.2, -0.15) is 0 Å². The van der Waals surface area contributed by atoms with Crippen molar-refractivity contribution < 1.29 is 18.2 Å². The minimum atomic E-state index is -3.20. The largest absolute Gasteiger partial charge is 0.347 e. The summed E-state index contributed by atoms with van der Waals surface area (Å²) in [4.78, 5) is 17.8. The summed E-state index contributed by atoms with van der Waals surface area (Å²) in [6.45, 7) is 0. The Labute approximate surface area is 77.7 Å². The molecule has 0 aliphatic heterocycles. The molecule has 0 fully saturated rings. The van der Waals surface area contributed by atoms with E-state index in [0.717, 1.165) is 6.26 Å². The number of benzene rings is 1. The van der Waals surface area contributed by atoms with Crippen LogP contribution in [0.5, 0.6) is 0 Å². The average Bonchev–Trinajstić information content (AvgIpc) is 2.03. The van der Waals surface area contributed by atoms with Crippen molar-refractivity contribution in [1.82, 2.24) is 0 Å². The van der Waals surface area contributed by atoms with Gasteiger partial charge in [0.2, 0.25) is 0 Å². The lowest BCUT2D eigenvalue weighted by atomic mass is 10.4. The predicted molar refractivity (Wildman–Crippen MR) is 50.5 cm³/mol. The van der Waals surface area contributed by atoms with E-state index in [0.29, 0.717) is 5.30 Å². The first-order chi connectivity index (χ1) is 5.91. The standard InChI is InChI=1S/C7H9O4PS/c1-13(10,11)7-4-2-6(3-5-7)12(8)9/h2-5,8-9H,1H3. The third kappa shape index (κ3) is 2.74. The van der Waals surface area contributed by atoms with Gasteiger partial charge in [0.25, 0.3) is 0 Å². The molecule has 0 unspecified atom stereocenters. The van der Waals surface area contributed by atoms with E-state index in [1.54, 1.807) is 0 Å². The van der Waals surface area contributed by atoms with Gasteiger partial charge in [-0.25, -0.2) is 8.42 Å². The zero-order chi connectivity index (χ0) is 10.1. The first kappa shape index (κ1) is 10.6. The summed E-state index contributed by atoms with van der Waals surface area (Å²) in [5.74, 6) is 0. The molecule has 0 saturated heterocycles. The van der Waals surface area contributed by atoms with Crippen LogP contribution in [0.3, 0.4) is 0 Å². The van der Waals surface area contributed by atoms with Crippen LogP contribution < -0.4 is 5.30 Å². The molecule has 0 aliphatic rings. The molecular formula is C7H9O4PS. The lowest BCUT2D eigenvalue weighted by Gasteiger charge is -2.02. The second-order valence-corrected chi connectivity index (χ2v) is 5.67. The summed E-state index contributed by atoms with van der Waals surface area (Å²) in [5, 5.41) is 0.336. The Morgan fingerprint density at radius 2 is 1.62 bits per heavy atom. The molecule has 1 aromatic carbocycles. The summed E-state index contributed by atoms with van der Waals surface area (Å²) in [7, 11) is -5.34. The van der Waals surface area contributed by atoms with E-state index in [1.165, 1.54) is 24.3 Å². The van der Waals surface area contributed by atoms with Crippen LogP contribution in [-0.4, -0.2) is 24.5 Å². The van der Waals surface area contributed by atoms with Crippen LogP contribution >= 0.6 is 8.38 Å². The fourth-order valence-corrected chi connectivity index (χ4v) is 1.87. The second-order valence-electron chi connectivity index (χ2n) is 2.56. The van der Waals surface area contributed by atoms with E-state index >= 15 is 0 Å². The minimum absolute atomic E-state index is 0.174. The SMILES string of the molecule is CS(=O)(=O)c1ccc(P(O)O)cc1. The van der Waals surface area contributed by atoms with Crippen LogP contribution in [0.2, 0.25) is 0 Å². The van der Waals surface area contributed by atoms with E-state index < -0.39 is 18.2 Å². The molecular weight excluding hydrogens is 211 g/mol. The van der Waals surface area contributed by atoms with Crippen molar-refractivity contribution in [2.75, 3.05) is 6.26 Å². The van der Waals surface area contributed by atoms with Gasteiger partial charge in [-0.05, 0) is 24.3 Å². The van der Waals surface area contributed by atoms with Gasteiger partial charge in [0.05, 0.1) is 4.90 Å². The fraction of sp³-hybridized carbons (Fsp3) is 0.143. The molecule has 0 saturated carbocycles. The van der Waals surface area contributed by atoms with E-state index in [4.69, 9.17) is 9.79 Å². The highest BCUT2D eigenvalue weighted by Gasteiger charge is 2.08. The second kappa shape index (κ2) is 3.72. The highest BCUT2D eigenvalue weighted by Crippen LogP contribution is 2.22. The number of hydrogen-bond acceptors (Lipinski definition) is 4. The monoisotopic (exact) mass is 220 g/mol. The van der Waals surface area contributed by atoms with Crippen molar-refractivity contribution >= 4 is 23.5 Å². The molecule has 1 aromatic rings. The lowest BCUT2D eigenvalue weighted by molar-refractivity contribution is 0.497. The molecule has 2 N–H and O–H groups in total. The molecule has 0 aliphatic carbocycles. The van der Waals surface area contributed by atoms with E-state index in [2.05, 4.69) is 0 Å². The van der Waals surface area contributed by atoms with Crippen molar-refractivity contribution in [3.8, 4) is 0 Å². The van der Waals surface area contributed by atoms with E-state index in [9.17, 15) is 8.42 Å². The van der Waals surface area contributed by atoms with Crippen LogP contribution in [-0.2, 0) is 9.84 Å². The zero-order valence-electron chi connectivity index (χ0n) is 6.88. The van der Waals surface area contributed by atoms with Crippen LogP contribution in [0.25, 0.3) is 0 Å². The highest BCUT2D eigenvalue weighted by atomic mass is 32.2. The Morgan fingerprint density at radius 1 is 1.15 bits per heavy atom. The number of rotatable bonds is 2. The predicted octanol–water partition coefficient (Wildman–Crippen LogP) is 0.0119. The number of hydrogen-bond donors (Lipinski definition) is 2. The third-order valence-corrected chi connectivity index (χ3v) is 3.38. The molecule has 6 heteroatoms. The molecule has 0 bridgehead atoms.